The lowest BCUT2D eigenvalue weighted by Crippen LogP contribution is -2.14. The molecule has 4 heteroatoms. The summed E-state index contributed by atoms with van der Waals surface area (Å²) in [4.78, 5) is 13.3. The molecule has 0 saturated carbocycles. The summed E-state index contributed by atoms with van der Waals surface area (Å²) in [6.45, 7) is 4.70. The molecule has 0 spiro atoms. The minimum absolute atomic E-state index is 0.164. The summed E-state index contributed by atoms with van der Waals surface area (Å²) in [6.07, 6.45) is 0. The fourth-order valence-electron chi connectivity index (χ4n) is 9.96. The van der Waals surface area contributed by atoms with Crippen LogP contribution in [0.5, 0.6) is 0 Å². The second-order valence-electron chi connectivity index (χ2n) is 17.5. The van der Waals surface area contributed by atoms with Crippen molar-refractivity contribution in [1.82, 2.24) is 14.5 Å². The number of hydrogen-bond donors (Lipinski definition) is 0. The Morgan fingerprint density at radius 3 is 1.40 bits per heavy atom. The maximum atomic E-state index is 5.46. The number of hydrogen-bond acceptors (Lipinski definition) is 3. The van der Waals surface area contributed by atoms with Crippen molar-refractivity contribution in [2.24, 2.45) is 0 Å². The zero-order valence-corrected chi connectivity index (χ0v) is 36.2. The van der Waals surface area contributed by atoms with E-state index in [1.807, 2.05) is 0 Å². The van der Waals surface area contributed by atoms with E-state index in [1.165, 1.54) is 38.8 Å². The summed E-state index contributed by atoms with van der Waals surface area (Å²) in [5.74, 6) is 0.622. The molecule has 2 aromatic heterocycles. The van der Waals surface area contributed by atoms with Crippen LogP contribution in [0.25, 0.3) is 83.6 Å². The lowest BCUT2D eigenvalue weighted by Gasteiger charge is -2.27. The van der Waals surface area contributed by atoms with Crippen LogP contribution in [0.4, 0.5) is 17.1 Å². The number of aromatic nitrogens is 3. The maximum absolute atomic E-state index is 5.46. The van der Waals surface area contributed by atoms with Crippen molar-refractivity contribution in [2.45, 2.75) is 19.3 Å². The van der Waals surface area contributed by atoms with Crippen LogP contribution in [-0.2, 0) is 5.41 Å². The molecule has 0 N–H and O–H groups in total. The van der Waals surface area contributed by atoms with E-state index >= 15 is 0 Å². The second kappa shape index (κ2) is 15.5. The fourth-order valence-corrected chi connectivity index (χ4v) is 9.96. The van der Waals surface area contributed by atoms with Gasteiger partial charge in [0.25, 0.3) is 0 Å². The van der Waals surface area contributed by atoms with Gasteiger partial charge in [-0.25, -0.2) is 9.97 Å². The van der Waals surface area contributed by atoms with Crippen molar-refractivity contribution in [3.63, 3.8) is 0 Å². The number of fused-ring (bicyclic) bond motifs is 6. The first kappa shape index (κ1) is 38.3. The van der Waals surface area contributed by atoms with E-state index in [4.69, 9.17) is 9.97 Å². The zero-order valence-electron chi connectivity index (χ0n) is 36.2. The van der Waals surface area contributed by atoms with Gasteiger partial charge in [-0.3, -0.25) is 4.57 Å². The van der Waals surface area contributed by atoms with Crippen LogP contribution in [0.15, 0.2) is 231 Å². The highest BCUT2D eigenvalue weighted by Crippen LogP contribution is 2.51. The predicted molar refractivity (Wildman–Crippen MR) is 270 cm³/mol. The average molecular weight is 833 g/mol. The lowest BCUT2D eigenvalue weighted by molar-refractivity contribution is 0.661. The first-order valence-electron chi connectivity index (χ1n) is 22.3. The summed E-state index contributed by atoms with van der Waals surface area (Å²) in [7, 11) is 0. The zero-order chi connectivity index (χ0) is 43.5. The van der Waals surface area contributed by atoms with E-state index in [1.54, 1.807) is 0 Å². The molecule has 0 saturated heterocycles. The Morgan fingerprint density at radius 1 is 0.354 bits per heavy atom. The first-order valence-corrected chi connectivity index (χ1v) is 22.3. The first-order chi connectivity index (χ1) is 32.0. The molecule has 0 amide bonds. The van der Waals surface area contributed by atoms with E-state index in [-0.39, 0.29) is 5.41 Å². The molecular weight excluding hydrogens is 789 g/mol. The van der Waals surface area contributed by atoms with Gasteiger partial charge in [-0.1, -0.05) is 190 Å². The number of anilines is 3. The Hall–Kier alpha value is -8.34. The molecule has 0 atom stereocenters. The van der Waals surface area contributed by atoms with Crippen LogP contribution in [-0.4, -0.2) is 14.5 Å². The van der Waals surface area contributed by atoms with Gasteiger partial charge in [-0.15, -0.1) is 0 Å². The Kier molecular flexibility index (Phi) is 9.13. The third-order valence-corrected chi connectivity index (χ3v) is 13.2. The van der Waals surface area contributed by atoms with Gasteiger partial charge in [0.1, 0.15) is 0 Å². The molecule has 65 heavy (non-hydrogen) atoms. The van der Waals surface area contributed by atoms with Crippen LogP contribution in [0.1, 0.15) is 25.0 Å². The van der Waals surface area contributed by atoms with Gasteiger partial charge >= 0.3 is 0 Å². The topological polar surface area (TPSA) is 34.0 Å². The summed E-state index contributed by atoms with van der Waals surface area (Å²) in [5, 5.41) is 2.31. The van der Waals surface area contributed by atoms with Crippen LogP contribution in [0.2, 0.25) is 0 Å². The van der Waals surface area contributed by atoms with Crippen molar-refractivity contribution < 1.29 is 0 Å². The van der Waals surface area contributed by atoms with Gasteiger partial charge in [0.2, 0.25) is 5.95 Å². The van der Waals surface area contributed by atoms with Crippen LogP contribution < -0.4 is 4.90 Å². The fraction of sp³-hybridized carbons (Fsp3) is 0.0492. The molecule has 1 aliphatic carbocycles. The Bertz CT molecular complexity index is 3420. The van der Waals surface area contributed by atoms with Gasteiger partial charge in [-0.05, 0) is 99.1 Å². The molecule has 0 aliphatic heterocycles. The van der Waals surface area contributed by atoms with Crippen molar-refractivity contribution in [1.29, 1.82) is 0 Å². The summed E-state index contributed by atoms with van der Waals surface area (Å²) >= 11 is 0. The second-order valence-corrected chi connectivity index (χ2v) is 17.5. The molecule has 0 bridgehead atoms. The maximum Gasteiger partial charge on any atom is 0.235 e. The van der Waals surface area contributed by atoms with E-state index in [2.05, 4.69) is 254 Å². The van der Waals surface area contributed by atoms with Gasteiger partial charge < -0.3 is 4.90 Å². The Balaban J connectivity index is 1.15. The third kappa shape index (κ3) is 6.61. The highest BCUT2D eigenvalue weighted by molar-refractivity contribution is 6.12. The van der Waals surface area contributed by atoms with Crippen LogP contribution in [0, 0.1) is 0 Å². The molecule has 308 valence electrons. The normalized spacial score (nSPS) is 12.6. The monoisotopic (exact) mass is 832 g/mol. The van der Waals surface area contributed by atoms with E-state index in [0.717, 1.165) is 67.1 Å². The molecule has 0 radical (unpaired) electrons. The van der Waals surface area contributed by atoms with Gasteiger partial charge in [0, 0.05) is 44.4 Å². The largest absolute Gasteiger partial charge is 0.310 e. The summed E-state index contributed by atoms with van der Waals surface area (Å²) < 4.78 is 2.31. The van der Waals surface area contributed by atoms with E-state index < -0.39 is 0 Å². The van der Waals surface area contributed by atoms with Crippen molar-refractivity contribution in [3.8, 4) is 61.8 Å². The molecule has 2 heterocycles. The van der Waals surface area contributed by atoms with Gasteiger partial charge in [-0.2, -0.15) is 0 Å². The van der Waals surface area contributed by atoms with E-state index in [0.29, 0.717) is 5.95 Å². The van der Waals surface area contributed by atoms with Gasteiger partial charge in [0.05, 0.1) is 22.4 Å². The molecular formula is C61H44N4. The SMILES string of the molecule is CC1(C)c2ccccc2-c2cc3c(cc21)c1ccc(N(c2cccc(-c4ccccc4)c2)c2cccc(-c4ccccc4)c2)cc1n3-c1nc(-c2ccccc2)cc(-c2ccccc2)n1. The predicted octanol–water partition coefficient (Wildman–Crippen LogP) is 16.0. The van der Waals surface area contributed by atoms with Crippen LogP contribution in [0.3, 0.4) is 0 Å². The van der Waals surface area contributed by atoms with Crippen molar-refractivity contribution in [3.05, 3.63) is 242 Å². The highest BCUT2D eigenvalue weighted by Gasteiger charge is 2.36. The van der Waals surface area contributed by atoms with Crippen molar-refractivity contribution >= 4 is 38.9 Å². The lowest BCUT2D eigenvalue weighted by atomic mass is 9.82. The van der Waals surface area contributed by atoms with Gasteiger partial charge in [0.15, 0.2) is 0 Å². The number of rotatable bonds is 8. The molecule has 4 nitrogen and oxygen atoms in total. The molecule has 12 rings (SSSR count). The summed E-state index contributed by atoms with van der Waals surface area (Å²) in [6, 6.07) is 82.6. The molecule has 9 aromatic carbocycles. The van der Waals surface area contributed by atoms with E-state index in [9.17, 15) is 0 Å². The highest BCUT2D eigenvalue weighted by atomic mass is 15.2. The molecule has 11 aromatic rings. The quantitative estimate of drug-likeness (QED) is 0.153. The smallest absolute Gasteiger partial charge is 0.235 e. The standard InChI is InChI=1S/C61H44N4/c1-61(2)54-32-16-15-31-50(54)52-39-59-53(38-55(52)61)51-34-33-49(37-58(51)65(59)60-62-56(43-23-11-5-12-24-43)40-57(63-60)44-25-13-6-14-26-44)64(47-29-17-27-45(35-47)41-19-7-3-8-20-41)48-30-18-28-46(36-48)42-21-9-4-10-22-42/h3-40H,1-2H3. The van der Waals surface area contributed by atoms with Crippen LogP contribution >= 0.6 is 0 Å². The molecule has 1 aliphatic rings. The minimum atomic E-state index is -0.164. The Labute approximate surface area is 379 Å². The Morgan fingerprint density at radius 2 is 0.831 bits per heavy atom. The van der Waals surface area contributed by atoms with Crippen molar-refractivity contribution in [2.75, 3.05) is 4.90 Å². The molecule has 0 unspecified atom stereocenters. The summed E-state index contributed by atoms with van der Waals surface area (Å²) in [5.41, 5.74) is 18.7. The number of nitrogens with zero attached hydrogens (tertiary/aromatic N) is 4. The third-order valence-electron chi connectivity index (χ3n) is 13.2. The molecule has 0 fully saturated rings. The average Bonchev–Trinajstić information content (AvgIpc) is 3.81. The number of benzene rings is 9. The minimum Gasteiger partial charge on any atom is -0.310 e.